The van der Waals surface area contributed by atoms with Crippen molar-refractivity contribution in [3.8, 4) is 11.3 Å². The first-order chi connectivity index (χ1) is 15.6. The number of pyridine rings is 2. The summed E-state index contributed by atoms with van der Waals surface area (Å²) in [5.74, 6) is -0.162. The van der Waals surface area contributed by atoms with Crippen molar-refractivity contribution in [2.24, 2.45) is 0 Å². The third-order valence-electron chi connectivity index (χ3n) is 5.38. The summed E-state index contributed by atoms with van der Waals surface area (Å²) in [6, 6.07) is 15.5. The molecule has 3 heterocycles. The Morgan fingerprint density at radius 1 is 1.03 bits per heavy atom. The normalized spacial score (nSPS) is 10.7. The van der Waals surface area contributed by atoms with E-state index in [0.717, 1.165) is 46.9 Å². The van der Waals surface area contributed by atoms with Crippen LogP contribution in [0.15, 0.2) is 67.1 Å². The topological polar surface area (TPSA) is 95.6 Å². The van der Waals surface area contributed by atoms with Crippen molar-refractivity contribution in [3.05, 3.63) is 95.2 Å². The number of para-hydroxylation sites is 1. The number of nitrogens with one attached hydrogen (secondary N) is 3. The Hall–Kier alpha value is -4.00. The lowest BCUT2D eigenvalue weighted by Gasteiger charge is -2.12. The summed E-state index contributed by atoms with van der Waals surface area (Å²) in [7, 11) is 0. The number of nitrogens with zero attached hydrogens (tertiary/aromatic N) is 3. The molecule has 0 saturated heterocycles. The Balaban J connectivity index is 1.41. The Morgan fingerprint density at radius 3 is 2.62 bits per heavy atom. The van der Waals surface area contributed by atoms with Crippen molar-refractivity contribution in [1.29, 1.82) is 0 Å². The van der Waals surface area contributed by atoms with E-state index >= 15 is 0 Å². The van der Waals surface area contributed by atoms with Gasteiger partial charge in [-0.05, 0) is 55.7 Å². The van der Waals surface area contributed by atoms with Gasteiger partial charge in [0.05, 0.1) is 17.0 Å². The predicted molar refractivity (Wildman–Crippen MR) is 125 cm³/mol. The number of anilines is 1. The van der Waals surface area contributed by atoms with Crippen LogP contribution in [0, 0.1) is 13.8 Å². The van der Waals surface area contributed by atoms with Crippen LogP contribution in [0.2, 0.25) is 0 Å². The van der Waals surface area contributed by atoms with Crippen LogP contribution in [-0.4, -0.2) is 32.6 Å². The van der Waals surface area contributed by atoms with E-state index in [1.807, 2.05) is 56.3 Å². The molecule has 3 N–H and O–H groups in total. The van der Waals surface area contributed by atoms with Crippen molar-refractivity contribution in [1.82, 2.24) is 25.5 Å². The lowest BCUT2D eigenvalue weighted by atomic mass is 10.1. The molecule has 7 heteroatoms. The van der Waals surface area contributed by atoms with Crippen molar-refractivity contribution < 1.29 is 4.79 Å². The Labute approximate surface area is 187 Å². The van der Waals surface area contributed by atoms with E-state index < -0.39 is 0 Å². The summed E-state index contributed by atoms with van der Waals surface area (Å²) >= 11 is 0. The van der Waals surface area contributed by atoms with Gasteiger partial charge in [0, 0.05) is 48.6 Å². The molecule has 162 valence electrons. The van der Waals surface area contributed by atoms with Crippen LogP contribution in [-0.2, 0) is 13.0 Å². The third-order valence-corrected chi connectivity index (χ3v) is 5.38. The number of benzene rings is 1. The molecule has 0 bridgehead atoms. The van der Waals surface area contributed by atoms with E-state index in [2.05, 4.69) is 30.8 Å². The molecule has 4 rings (SSSR count). The summed E-state index contributed by atoms with van der Waals surface area (Å²) in [5.41, 5.74) is 7.68. The number of amides is 1. The lowest BCUT2D eigenvalue weighted by Crippen LogP contribution is -2.22. The number of H-pyrrole nitrogens is 1. The number of aromatic amines is 1. The maximum Gasteiger partial charge on any atom is 0.253 e. The molecule has 3 aromatic heterocycles. The zero-order chi connectivity index (χ0) is 22.3. The van der Waals surface area contributed by atoms with Gasteiger partial charge in [0.2, 0.25) is 0 Å². The standard InChI is InChI=1S/C25H26N6O/c1-17-21(18(2)31-30-17)11-13-27-23-8-4-3-7-22(23)24-10-9-20(16-28-24)25(32)29-15-19-6-5-12-26-14-19/h3-10,12,14,16,27H,11,13,15H2,1-2H3,(H,29,32)(H,30,31). The minimum atomic E-state index is -0.162. The quantitative estimate of drug-likeness (QED) is 0.395. The predicted octanol–water partition coefficient (Wildman–Crippen LogP) is 4.07. The van der Waals surface area contributed by atoms with Crippen molar-refractivity contribution in [3.63, 3.8) is 0 Å². The summed E-state index contributed by atoms with van der Waals surface area (Å²) in [5, 5.41) is 13.7. The second-order valence-electron chi connectivity index (χ2n) is 7.61. The summed E-state index contributed by atoms with van der Waals surface area (Å²) in [6.45, 7) is 5.27. The van der Waals surface area contributed by atoms with E-state index in [1.54, 1.807) is 24.7 Å². The zero-order valence-corrected chi connectivity index (χ0v) is 18.2. The number of aryl methyl sites for hydroxylation is 2. The SMILES string of the molecule is Cc1n[nH]c(C)c1CCNc1ccccc1-c1ccc(C(=O)NCc2cccnc2)cn1. The van der Waals surface area contributed by atoms with Crippen LogP contribution in [0.4, 0.5) is 5.69 Å². The minimum Gasteiger partial charge on any atom is -0.384 e. The molecule has 0 spiro atoms. The van der Waals surface area contributed by atoms with Crippen LogP contribution in [0.5, 0.6) is 0 Å². The van der Waals surface area contributed by atoms with E-state index in [0.29, 0.717) is 12.1 Å². The van der Waals surface area contributed by atoms with Gasteiger partial charge < -0.3 is 10.6 Å². The fraction of sp³-hybridized carbons (Fsp3) is 0.200. The Morgan fingerprint density at radius 2 is 1.91 bits per heavy atom. The number of hydrogen-bond acceptors (Lipinski definition) is 5. The molecular formula is C25H26N6O. The third kappa shape index (κ3) is 5.00. The molecule has 1 amide bonds. The Bertz CT molecular complexity index is 1170. The number of rotatable bonds is 8. The highest BCUT2D eigenvalue weighted by molar-refractivity contribution is 5.94. The smallest absolute Gasteiger partial charge is 0.253 e. The molecular weight excluding hydrogens is 400 g/mol. The zero-order valence-electron chi connectivity index (χ0n) is 18.2. The lowest BCUT2D eigenvalue weighted by molar-refractivity contribution is 0.0950. The van der Waals surface area contributed by atoms with Crippen LogP contribution < -0.4 is 10.6 Å². The van der Waals surface area contributed by atoms with Crippen molar-refractivity contribution in [2.75, 3.05) is 11.9 Å². The second kappa shape index (κ2) is 9.87. The van der Waals surface area contributed by atoms with Gasteiger partial charge in [-0.25, -0.2) is 0 Å². The highest BCUT2D eigenvalue weighted by Crippen LogP contribution is 2.26. The van der Waals surface area contributed by atoms with E-state index in [4.69, 9.17) is 0 Å². The van der Waals surface area contributed by atoms with Gasteiger partial charge in [0.25, 0.3) is 5.91 Å². The largest absolute Gasteiger partial charge is 0.384 e. The molecule has 4 aromatic rings. The first-order valence-electron chi connectivity index (χ1n) is 10.6. The van der Waals surface area contributed by atoms with E-state index in [-0.39, 0.29) is 5.91 Å². The first kappa shape index (κ1) is 21.2. The summed E-state index contributed by atoms with van der Waals surface area (Å²) in [4.78, 5) is 21.1. The molecule has 0 aliphatic rings. The van der Waals surface area contributed by atoms with Crippen LogP contribution >= 0.6 is 0 Å². The fourth-order valence-electron chi connectivity index (χ4n) is 3.60. The molecule has 0 atom stereocenters. The second-order valence-corrected chi connectivity index (χ2v) is 7.61. The van der Waals surface area contributed by atoms with Crippen LogP contribution in [0.3, 0.4) is 0 Å². The monoisotopic (exact) mass is 426 g/mol. The molecule has 0 unspecified atom stereocenters. The molecule has 1 aromatic carbocycles. The molecule has 7 nitrogen and oxygen atoms in total. The van der Waals surface area contributed by atoms with Gasteiger partial charge in [-0.3, -0.25) is 19.9 Å². The van der Waals surface area contributed by atoms with Gasteiger partial charge in [-0.2, -0.15) is 5.10 Å². The maximum absolute atomic E-state index is 12.5. The van der Waals surface area contributed by atoms with Gasteiger partial charge in [0.1, 0.15) is 0 Å². The maximum atomic E-state index is 12.5. The van der Waals surface area contributed by atoms with Gasteiger partial charge in [-0.1, -0.05) is 24.3 Å². The van der Waals surface area contributed by atoms with Crippen LogP contribution in [0.1, 0.15) is 32.9 Å². The fourth-order valence-corrected chi connectivity index (χ4v) is 3.60. The van der Waals surface area contributed by atoms with Crippen LogP contribution in [0.25, 0.3) is 11.3 Å². The van der Waals surface area contributed by atoms with Crippen molar-refractivity contribution in [2.45, 2.75) is 26.8 Å². The average Bonchev–Trinajstić information content (AvgIpc) is 3.16. The molecule has 0 aliphatic carbocycles. The summed E-state index contributed by atoms with van der Waals surface area (Å²) in [6.07, 6.45) is 5.94. The number of carbonyl (C=O) groups excluding carboxylic acids is 1. The molecule has 0 saturated carbocycles. The van der Waals surface area contributed by atoms with Crippen molar-refractivity contribution >= 4 is 11.6 Å². The Kier molecular flexibility index (Phi) is 6.55. The molecule has 0 radical (unpaired) electrons. The highest BCUT2D eigenvalue weighted by Gasteiger charge is 2.10. The number of carbonyl (C=O) groups is 1. The van der Waals surface area contributed by atoms with E-state index in [1.165, 1.54) is 5.56 Å². The molecule has 32 heavy (non-hydrogen) atoms. The van der Waals surface area contributed by atoms with Gasteiger partial charge >= 0.3 is 0 Å². The number of aromatic nitrogens is 4. The van der Waals surface area contributed by atoms with Gasteiger partial charge in [0.15, 0.2) is 0 Å². The highest BCUT2D eigenvalue weighted by atomic mass is 16.1. The molecule has 0 fully saturated rings. The van der Waals surface area contributed by atoms with Gasteiger partial charge in [-0.15, -0.1) is 0 Å². The molecule has 0 aliphatic heterocycles. The first-order valence-corrected chi connectivity index (χ1v) is 10.6. The average molecular weight is 427 g/mol. The number of hydrogen-bond donors (Lipinski definition) is 3. The summed E-state index contributed by atoms with van der Waals surface area (Å²) < 4.78 is 0. The minimum absolute atomic E-state index is 0.162. The van der Waals surface area contributed by atoms with E-state index in [9.17, 15) is 4.79 Å².